The van der Waals surface area contributed by atoms with E-state index in [0.717, 1.165) is 48.0 Å². The van der Waals surface area contributed by atoms with Gasteiger partial charge in [0, 0.05) is 36.7 Å². The predicted octanol–water partition coefficient (Wildman–Crippen LogP) is 3.03. The van der Waals surface area contributed by atoms with Gasteiger partial charge in [0.1, 0.15) is 5.82 Å². The maximum absolute atomic E-state index is 4.50. The number of aromatic nitrogens is 3. The van der Waals surface area contributed by atoms with Gasteiger partial charge in [-0.3, -0.25) is 0 Å². The van der Waals surface area contributed by atoms with Gasteiger partial charge in [0.2, 0.25) is 5.95 Å². The van der Waals surface area contributed by atoms with Crippen molar-refractivity contribution in [1.29, 1.82) is 0 Å². The lowest BCUT2D eigenvalue weighted by Gasteiger charge is -2.10. The van der Waals surface area contributed by atoms with E-state index in [4.69, 9.17) is 0 Å². The Labute approximate surface area is 123 Å². The minimum Gasteiger partial charge on any atom is -0.369 e. The number of nitrogens with one attached hydrogen (secondary N) is 2. The summed E-state index contributed by atoms with van der Waals surface area (Å²) in [5, 5.41) is 9.79. The third-order valence-corrected chi connectivity index (χ3v) is 3.67. The number of hydrogen-bond donors (Lipinski definition) is 2. The molecular weight excluding hydrogens is 270 g/mol. The molecule has 20 heavy (non-hydrogen) atoms. The van der Waals surface area contributed by atoms with Crippen LogP contribution in [-0.2, 0) is 6.42 Å². The molecule has 0 atom stereocenters. The van der Waals surface area contributed by atoms with Crippen LogP contribution in [0.5, 0.6) is 0 Å². The first-order chi connectivity index (χ1) is 9.69. The Balaban J connectivity index is 1.90. The first kappa shape index (κ1) is 14.7. The SMILES string of the molecule is CCCNc1ncc(C)c(NCCc2csc(C)n2)n1. The lowest BCUT2D eigenvalue weighted by molar-refractivity contribution is 0.934. The molecule has 0 aliphatic carbocycles. The second-order valence-corrected chi connectivity index (χ2v) is 5.75. The molecule has 0 saturated heterocycles. The van der Waals surface area contributed by atoms with Crippen molar-refractivity contribution in [2.45, 2.75) is 33.6 Å². The second-order valence-electron chi connectivity index (χ2n) is 4.69. The molecule has 0 saturated carbocycles. The maximum Gasteiger partial charge on any atom is 0.224 e. The summed E-state index contributed by atoms with van der Waals surface area (Å²) in [6, 6.07) is 0. The van der Waals surface area contributed by atoms with Crippen LogP contribution in [0.4, 0.5) is 11.8 Å². The molecule has 0 fully saturated rings. The number of rotatable bonds is 7. The first-order valence-corrected chi connectivity index (χ1v) is 7.79. The van der Waals surface area contributed by atoms with Crippen molar-refractivity contribution in [2.24, 2.45) is 0 Å². The molecule has 2 aromatic heterocycles. The van der Waals surface area contributed by atoms with Gasteiger partial charge in [0.05, 0.1) is 10.7 Å². The zero-order chi connectivity index (χ0) is 14.4. The molecule has 0 aliphatic rings. The molecule has 2 heterocycles. The van der Waals surface area contributed by atoms with Gasteiger partial charge in [-0.25, -0.2) is 9.97 Å². The number of aryl methyl sites for hydroxylation is 2. The van der Waals surface area contributed by atoms with Crippen LogP contribution in [0.25, 0.3) is 0 Å². The van der Waals surface area contributed by atoms with Crippen LogP contribution >= 0.6 is 11.3 Å². The number of hydrogen-bond acceptors (Lipinski definition) is 6. The summed E-state index contributed by atoms with van der Waals surface area (Å²) in [5.74, 6) is 1.58. The summed E-state index contributed by atoms with van der Waals surface area (Å²) in [6.45, 7) is 7.88. The minimum atomic E-state index is 0.685. The van der Waals surface area contributed by atoms with Crippen LogP contribution in [-0.4, -0.2) is 28.0 Å². The standard InChI is InChI=1S/C14H21N5S/c1-4-6-16-14-17-8-10(2)13(19-14)15-7-5-12-9-20-11(3)18-12/h8-9H,4-7H2,1-3H3,(H2,15,16,17,19). The van der Waals surface area contributed by atoms with Crippen molar-refractivity contribution in [2.75, 3.05) is 23.7 Å². The molecule has 6 heteroatoms. The lowest BCUT2D eigenvalue weighted by atomic mass is 10.3. The highest BCUT2D eigenvalue weighted by Crippen LogP contribution is 2.13. The first-order valence-electron chi connectivity index (χ1n) is 6.91. The van der Waals surface area contributed by atoms with E-state index >= 15 is 0 Å². The molecule has 0 amide bonds. The summed E-state index contributed by atoms with van der Waals surface area (Å²) >= 11 is 1.69. The maximum atomic E-state index is 4.50. The lowest BCUT2D eigenvalue weighted by Crippen LogP contribution is -2.11. The Bertz CT molecular complexity index is 552. The van der Waals surface area contributed by atoms with Crippen LogP contribution in [0.3, 0.4) is 0 Å². The van der Waals surface area contributed by atoms with Crippen molar-refractivity contribution >= 4 is 23.1 Å². The topological polar surface area (TPSA) is 62.7 Å². The molecule has 0 radical (unpaired) electrons. The summed E-state index contributed by atoms with van der Waals surface area (Å²) in [7, 11) is 0. The van der Waals surface area contributed by atoms with Crippen molar-refractivity contribution in [1.82, 2.24) is 15.0 Å². The van der Waals surface area contributed by atoms with E-state index in [1.165, 1.54) is 0 Å². The summed E-state index contributed by atoms with van der Waals surface area (Å²) < 4.78 is 0. The molecule has 0 spiro atoms. The van der Waals surface area contributed by atoms with Gasteiger partial charge in [-0.05, 0) is 20.3 Å². The summed E-state index contributed by atoms with van der Waals surface area (Å²) in [4.78, 5) is 13.2. The normalized spacial score (nSPS) is 10.6. The molecular formula is C14H21N5S. The zero-order valence-corrected chi connectivity index (χ0v) is 13.0. The highest BCUT2D eigenvalue weighted by atomic mass is 32.1. The van der Waals surface area contributed by atoms with Crippen LogP contribution in [0.1, 0.15) is 29.6 Å². The minimum absolute atomic E-state index is 0.685. The van der Waals surface area contributed by atoms with Gasteiger partial charge in [0.15, 0.2) is 0 Å². The highest BCUT2D eigenvalue weighted by Gasteiger charge is 2.04. The van der Waals surface area contributed by atoms with E-state index in [1.807, 2.05) is 20.0 Å². The monoisotopic (exact) mass is 291 g/mol. The third-order valence-electron chi connectivity index (χ3n) is 2.84. The molecule has 0 aliphatic heterocycles. The Kier molecular flexibility index (Phi) is 5.29. The molecule has 2 rings (SSSR count). The van der Waals surface area contributed by atoms with Crippen LogP contribution in [0.15, 0.2) is 11.6 Å². The van der Waals surface area contributed by atoms with Crippen LogP contribution < -0.4 is 10.6 Å². The summed E-state index contributed by atoms with van der Waals surface area (Å²) in [5.41, 5.74) is 2.19. The molecule has 0 aromatic carbocycles. The van der Waals surface area contributed by atoms with E-state index in [1.54, 1.807) is 11.3 Å². The molecule has 5 nitrogen and oxygen atoms in total. The van der Waals surface area contributed by atoms with E-state index < -0.39 is 0 Å². The Hall–Kier alpha value is -1.69. The number of anilines is 2. The number of thiazole rings is 1. The van der Waals surface area contributed by atoms with Crippen LogP contribution in [0.2, 0.25) is 0 Å². The van der Waals surface area contributed by atoms with E-state index in [2.05, 4.69) is 37.9 Å². The predicted molar refractivity (Wildman–Crippen MR) is 84.6 cm³/mol. The van der Waals surface area contributed by atoms with Gasteiger partial charge in [-0.15, -0.1) is 11.3 Å². The van der Waals surface area contributed by atoms with E-state index in [0.29, 0.717) is 5.95 Å². The Morgan fingerprint density at radius 1 is 1.15 bits per heavy atom. The molecule has 2 aromatic rings. The highest BCUT2D eigenvalue weighted by molar-refractivity contribution is 7.09. The van der Waals surface area contributed by atoms with E-state index in [-0.39, 0.29) is 0 Å². The van der Waals surface area contributed by atoms with Crippen molar-refractivity contribution in [3.8, 4) is 0 Å². The average molecular weight is 291 g/mol. The molecule has 0 bridgehead atoms. The fraction of sp³-hybridized carbons (Fsp3) is 0.500. The number of nitrogens with zero attached hydrogens (tertiary/aromatic N) is 3. The van der Waals surface area contributed by atoms with Gasteiger partial charge >= 0.3 is 0 Å². The molecule has 0 unspecified atom stereocenters. The van der Waals surface area contributed by atoms with Gasteiger partial charge < -0.3 is 10.6 Å². The summed E-state index contributed by atoms with van der Waals surface area (Å²) in [6.07, 6.45) is 3.81. The van der Waals surface area contributed by atoms with Crippen molar-refractivity contribution in [3.05, 3.63) is 27.8 Å². The smallest absolute Gasteiger partial charge is 0.224 e. The molecule has 108 valence electrons. The van der Waals surface area contributed by atoms with Gasteiger partial charge in [-0.1, -0.05) is 6.92 Å². The fourth-order valence-corrected chi connectivity index (χ4v) is 2.42. The Morgan fingerprint density at radius 3 is 2.70 bits per heavy atom. The van der Waals surface area contributed by atoms with Crippen molar-refractivity contribution in [3.63, 3.8) is 0 Å². The fourth-order valence-electron chi connectivity index (χ4n) is 1.78. The zero-order valence-electron chi connectivity index (χ0n) is 12.2. The molecule has 2 N–H and O–H groups in total. The van der Waals surface area contributed by atoms with Crippen molar-refractivity contribution < 1.29 is 0 Å². The third kappa shape index (κ3) is 4.16. The van der Waals surface area contributed by atoms with E-state index in [9.17, 15) is 0 Å². The van der Waals surface area contributed by atoms with Gasteiger partial charge in [-0.2, -0.15) is 4.98 Å². The van der Waals surface area contributed by atoms with Gasteiger partial charge in [0.25, 0.3) is 0 Å². The largest absolute Gasteiger partial charge is 0.369 e. The average Bonchev–Trinajstić information content (AvgIpc) is 2.85. The second kappa shape index (κ2) is 7.19. The van der Waals surface area contributed by atoms with Crippen LogP contribution in [0, 0.1) is 13.8 Å². The Morgan fingerprint density at radius 2 is 2.00 bits per heavy atom. The quantitative estimate of drug-likeness (QED) is 0.821.